The van der Waals surface area contributed by atoms with Gasteiger partial charge in [0.15, 0.2) is 0 Å². The molecule has 1 rings (SSSR count). The van der Waals surface area contributed by atoms with Gasteiger partial charge in [-0.25, -0.2) is 0 Å². The van der Waals surface area contributed by atoms with Crippen LogP contribution in [0.3, 0.4) is 0 Å². The van der Waals surface area contributed by atoms with Crippen LogP contribution in [0.25, 0.3) is 0 Å². The van der Waals surface area contributed by atoms with Gasteiger partial charge in [0.2, 0.25) is 0 Å². The van der Waals surface area contributed by atoms with Gasteiger partial charge >= 0.3 is 5.97 Å². The van der Waals surface area contributed by atoms with E-state index in [-0.39, 0.29) is 12.6 Å². The molecule has 0 saturated heterocycles. The van der Waals surface area contributed by atoms with Gasteiger partial charge in [-0.2, -0.15) is 0 Å². The molecule has 0 bridgehead atoms. The van der Waals surface area contributed by atoms with Crippen LogP contribution in [0.2, 0.25) is 0 Å². The third kappa shape index (κ3) is 25.9. The van der Waals surface area contributed by atoms with Crippen LogP contribution < -0.4 is 4.74 Å². The second-order valence-corrected chi connectivity index (χ2v) is 10.0. The molecule has 42 heavy (non-hydrogen) atoms. The van der Waals surface area contributed by atoms with E-state index in [0.717, 1.165) is 18.6 Å². The summed E-state index contributed by atoms with van der Waals surface area (Å²) >= 11 is 0. The van der Waals surface area contributed by atoms with Gasteiger partial charge in [-0.05, 0) is 37.0 Å². The third-order valence-electron chi connectivity index (χ3n) is 6.29. The Morgan fingerprint density at radius 2 is 0.929 bits per heavy atom. The van der Waals surface area contributed by atoms with Crippen LogP contribution in [0.1, 0.15) is 77.2 Å². The summed E-state index contributed by atoms with van der Waals surface area (Å²) in [6.07, 6.45) is 11.8. The summed E-state index contributed by atoms with van der Waals surface area (Å²) < 4.78 is 43.6. The Labute approximate surface area is 254 Å². The first-order valence-electron chi connectivity index (χ1n) is 16.1. The second-order valence-electron chi connectivity index (χ2n) is 10.0. The number of carbonyl (C=O) groups excluding carboxylic acids is 1. The Hall–Kier alpha value is -1.75. The van der Waals surface area contributed by atoms with Crippen molar-refractivity contribution in [2.24, 2.45) is 0 Å². The normalized spacial score (nSPS) is 11.2. The molecule has 9 nitrogen and oxygen atoms in total. The van der Waals surface area contributed by atoms with E-state index >= 15 is 0 Å². The van der Waals surface area contributed by atoms with Crippen molar-refractivity contribution >= 4 is 5.97 Å². The van der Waals surface area contributed by atoms with Crippen molar-refractivity contribution in [1.29, 1.82) is 0 Å². The van der Waals surface area contributed by atoms with Crippen molar-refractivity contribution in [3.8, 4) is 5.75 Å². The minimum absolute atomic E-state index is 0.182. The number of hydrogen-bond acceptors (Lipinski definition) is 9. The van der Waals surface area contributed by atoms with E-state index in [1.165, 1.54) is 50.5 Å². The van der Waals surface area contributed by atoms with Gasteiger partial charge in [-0.1, -0.05) is 64.5 Å². The van der Waals surface area contributed by atoms with E-state index in [0.29, 0.717) is 92.3 Å². The second kappa shape index (κ2) is 30.7. The lowest BCUT2D eigenvalue weighted by atomic mass is 10.0. The van der Waals surface area contributed by atoms with Gasteiger partial charge < -0.3 is 37.9 Å². The van der Waals surface area contributed by atoms with Crippen molar-refractivity contribution in [2.45, 2.75) is 78.1 Å². The molecule has 9 heteroatoms. The molecule has 244 valence electrons. The lowest BCUT2D eigenvalue weighted by Crippen LogP contribution is -2.15. The van der Waals surface area contributed by atoms with E-state index in [4.69, 9.17) is 37.9 Å². The van der Waals surface area contributed by atoms with Crippen molar-refractivity contribution < 1.29 is 42.7 Å². The van der Waals surface area contributed by atoms with Crippen LogP contribution in [0.4, 0.5) is 0 Å². The Kier molecular flexibility index (Phi) is 28.0. The number of esters is 1. The van der Waals surface area contributed by atoms with Gasteiger partial charge in [0.1, 0.15) is 19.0 Å². The van der Waals surface area contributed by atoms with Crippen LogP contribution >= 0.6 is 0 Å². The summed E-state index contributed by atoms with van der Waals surface area (Å²) in [5.41, 5.74) is 1.38. The molecule has 0 radical (unpaired) electrons. The molecule has 0 spiro atoms. The predicted octanol–water partition coefficient (Wildman–Crippen LogP) is 5.80. The smallest absolute Gasteiger partial charge is 0.305 e. The summed E-state index contributed by atoms with van der Waals surface area (Å²) in [6.45, 7) is 11.0. The summed E-state index contributed by atoms with van der Waals surface area (Å²) in [6, 6.07) is 8.44. The summed E-state index contributed by atoms with van der Waals surface area (Å²) in [5, 5.41) is 0. The molecule has 0 aromatic heterocycles. The molecular formula is C33H58O9. The van der Waals surface area contributed by atoms with E-state index in [1.807, 2.05) is 6.92 Å². The van der Waals surface area contributed by atoms with E-state index in [9.17, 15) is 4.79 Å². The van der Waals surface area contributed by atoms with Crippen LogP contribution in [-0.2, 0) is 44.4 Å². The maximum atomic E-state index is 11.2. The highest BCUT2D eigenvalue weighted by atomic mass is 16.6. The average Bonchev–Trinajstić information content (AvgIpc) is 3.00. The Bertz CT molecular complexity index is 699. The maximum Gasteiger partial charge on any atom is 0.305 e. The summed E-state index contributed by atoms with van der Waals surface area (Å²) in [7, 11) is 0. The quantitative estimate of drug-likeness (QED) is 0.0754. The lowest BCUT2D eigenvalue weighted by molar-refractivity contribution is -0.145. The number of carbonyl (C=O) groups is 1. The number of unbranched alkanes of at least 4 members (excludes halogenated alkanes) is 6. The molecule has 0 saturated carbocycles. The molecule has 0 aliphatic carbocycles. The van der Waals surface area contributed by atoms with Crippen LogP contribution in [-0.4, -0.2) is 98.5 Å². The first-order chi connectivity index (χ1) is 20.8. The molecule has 0 aliphatic heterocycles. The fraction of sp³-hybridized carbons (Fsp3) is 0.788. The van der Waals surface area contributed by atoms with Crippen LogP contribution in [0, 0.1) is 0 Å². The number of aryl methyl sites for hydroxylation is 1. The minimum atomic E-state index is -0.182. The molecule has 1 aromatic carbocycles. The standard InChI is InChI=1S/C33H58O9/c1-3-5-6-7-8-9-10-12-31-13-15-32(16-14-31)41-29-27-39-25-23-37-21-19-35-17-18-36-20-22-38-24-26-40-28-30-42-33(34)11-4-2/h13-16H,3-12,17-30H2,1-2H3. The highest BCUT2D eigenvalue weighted by molar-refractivity contribution is 5.69. The Morgan fingerprint density at radius 3 is 1.40 bits per heavy atom. The van der Waals surface area contributed by atoms with E-state index < -0.39 is 0 Å². The summed E-state index contributed by atoms with van der Waals surface area (Å²) in [4.78, 5) is 11.2. The lowest BCUT2D eigenvalue weighted by Gasteiger charge is -2.09. The van der Waals surface area contributed by atoms with Crippen molar-refractivity contribution in [2.75, 3.05) is 92.5 Å². The molecule has 0 heterocycles. The van der Waals surface area contributed by atoms with E-state index in [2.05, 4.69) is 31.2 Å². The maximum absolute atomic E-state index is 11.2. The van der Waals surface area contributed by atoms with E-state index in [1.54, 1.807) is 0 Å². The highest BCUT2D eigenvalue weighted by Gasteiger charge is 2.00. The molecule has 0 unspecified atom stereocenters. The molecule has 0 aliphatic rings. The minimum Gasteiger partial charge on any atom is -0.491 e. The molecular weight excluding hydrogens is 540 g/mol. The van der Waals surface area contributed by atoms with Crippen molar-refractivity contribution in [1.82, 2.24) is 0 Å². The molecule has 0 atom stereocenters. The number of benzene rings is 1. The topological polar surface area (TPSA) is 90.9 Å². The first kappa shape index (κ1) is 38.3. The monoisotopic (exact) mass is 598 g/mol. The largest absolute Gasteiger partial charge is 0.491 e. The predicted molar refractivity (Wildman–Crippen MR) is 164 cm³/mol. The Morgan fingerprint density at radius 1 is 0.500 bits per heavy atom. The Balaban J connectivity index is 1.76. The third-order valence-corrected chi connectivity index (χ3v) is 6.29. The van der Waals surface area contributed by atoms with Gasteiger partial charge in [0.05, 0.1) is 79.3 Å². The fourth-order valence-electron chi connectivity index (χ4n) is 3.95. The fourth-order valence-corrected chi connectivity index (χ4v) is 3.95. The molecule has 0 N–H and O–H groups in total. The number of hydrogen-bond donors (Lipinski definition) is 0. The first-order valence-corrected chi connectivity index (χ1v) is 16.1. The number of ether oxygens (including phenoxy) is 8. The molecule has 1 aromatic rings. The number of rotatable bonds is 32. The average molecular weight is 599 g/mol. The SMILES string of the molecule is CCCCCCCCCc1ccc(OCCOCCOCCOCCOCCOCCOCCOC(=O)CCC)cc1. The van der Waals surface area contributed by atoms with Gasteiger partial charge in [-0.3, -0.25) is 4.79 Å². The van der Waals surface area contributed by atoms with Crippen LogP contribution in [0.5, 0.6) is 5.75 Å². The van der Waals surface area contributed by atoms with Gasteiger partial charge in [-0.15, -0.1) is 0 Å². The van der Waals surface area contributed by atoms with Crippen molar-refractivity contribution in [3.05, 3.63) is 29.8 Å². The zero-order valence-electron chi connectivity index (χ0n) is 26.5. The van der Waals surface area contributed by atoms with Crippen LogP contribution in [0.15, 0.2) is 24.3 Å². The van der Waals surface area contributed by atoms with Crippen molar-refractivity contribution in [3.63, 3.8) is 0 Å². The molecule has 0 amide bonds. The summed E-state index contributed by atoms with van der Waals surface area (Å²) in [5.74, 6) is 0.704. The zero-order chi connectivity index (χ0) is 30.2. The van der Waals surface area contributed by atoms with Gasteiger partial charge in [0, 0.05) is 6.42 Å². The highest BCUT2D eigenvalue weighted by Crippen LogP contribution is 2.15. The molecule has 0 fully saturated rings. The van der Waals surface area contributed by atoms with Gasteiger partial charge in [0.25, 0.3) is 0 Å². The zero-order valence-corrected chi connectivity index (χ0v) is 26.5.